The molecule has 1 aliphatic heterocycles. The van der Waals surface area contributed by atoms with Gasteiger partial charge in [0, 0.05) is 18.7 Å². The molecule has 122 valence electrons. The van der Waals surface area contributed by atoms with E-state index in [1.54, 1.807) is 10.9 Å². The van der Waals surface area contributed by atoms with Crippen LogP contribution in [0.25, 0.3) is 5.69 Å². The fraction of sp³-hybridized carbons (Fsp3) is 0.438. The molecule has 0 unspecified atom stereocenters. The van der Waals surface area contributed by atoms with Crippen molar-refractivity contribution in [1.82, 2.24) is 20.1 Å². The summed E-state index contributed by atoms with van der Waals surface area (Å²) in [6, 6.07) is 3.79. The average molecular weight is 315 g/mol. The molecular formula is C16H21N5O2. The van der Waals surface area contributed by atoms with E-state index in [9.17, 15) is 4.79 Å². The number of ether oxygens (including phenoxy) is 1. The smallest absolute Gasteiger partial charge is 0.267 e. The van der Waals surface area contributed by atoms with Crippen molar-refractivity contribution in [3.05, 3.63) is 41.0 Å². The number of amides is 1. The monoisotopic (exact) mass is 315 g/mol. The maximum Gasteiger partial charge on any atom is 0.267 e. The minimum absolute atomic E-state index is 0.0426. The molecule has 1 aliphatic rings. The Balaban J connectivity index is 1.94. The Morgan fingerprint density at radius 2 is 2.35 bits per heavy atom. The Labute approximate surface area is 134 Å². The Hall–Kier alpha value is -2.25. The third-order valence-corrected chi connectivity index (χ3v) is 4.06. The van der Waals surface area contributed by atoms with E-state index in [1.807, 2.05) is 26.0 Å². The molecule has 1 atom stereocenters. The van der Waals surface area contributed by atoms with Gasteiger partial charge < -0.3 is 15.8 Å². The van der Waals surface area contributed by atoms with Crippen LogP contribution < -0.4 is 11.1 Å². The average Bonchev–Trinajstić information content (AvgIpc) is 2.92. The van der Waals surface area contributed by atoms with Gasteiger partial charge in [0.2, 0.25) is 0 Å². The van der Waals surface area contributed by atoms with E-state index in [2.05, 4.69) is 15.4 Å². The fourth-order valence-electron chi connectivity index (χ4n) is 2.82. The molecule has 0 bridgehead atoms. The van der Waals surface area contributed by atoms with E-state index >= 15 is 0 Å². The summed E-state index contributed by atoms with van der Waals surface area (Å²) in [6.07, 6.45) is 2.40. The van der Waals surface area contributed by atoms with Gasteiger partial charge in [-0.3, -0.25) is 9.78 Å². The first kappa shape index (κ1) is 15.6. The number of primary amides is 1. The predicted molar refractivity (Wildman–Crippen MR) is 85.6 cm³/mol. The van der Waals surface area contributed by atoms with Crippen molar-refractivity contribution in [3.8, 4) is 5.69 Å². The first-order valence-electron chi connectivity index (χ1n) is 7.78. The number of pyridine rings is 1. The van der Waals surface area contributed by atoms with Crippen LogP contribution in [0.1, 0.15) is 40.5 Å². The van der Waals surface area contributed by atoms with Crippen LogP contribution in [0.15, 0.2) is 18.3 Å². The number of hydrogen-bond acceptors (Lipinski definition) is 5. The zero-order chi connectivity index (χ0) is 16.4. The Kier molecular flexibility index (Phi) is 4.40. The molecule has 1 saturated heterocycles. The van der Waals surface area contributed by atoms with Gasteiger partial charge >= 0.3 is 0 Å². The second-order valence-corrected chi connectivity index (χ2v) is 5.55. The molecule has 0 saturated carbocycles. The van der Waals surface area contributed by atoms with Gasteiger partial charge in [-0.05, 0) is 25.5 Å². The molecule has 0 aliphatic carbocycles. The van der Waals surface area contributed by atoms with Crippen LogP contribution in [0.3, 0.4) is 0 Å². The topological polar surface area (TPSA) is 95.1 Å². The summed E-state index contributed by atoms with van der Waals surface area (Å²) in [7, 11) is 0. The summed E-state index contributed by atoms with van der Waals surface area (Å²) >= 11 is 0. The molecule has 3 heterocycles. The number of rotatable bonds is 4. The number of carbonyl (C=O) groups is 1. The van der Waals surface area contributed by atoms with Crippen molar-refractivity contribution in [2.24, 2.45) is 5.73 Å². The Bertz CT molecular complexity index is 702. The molecule has 1 fully saturated rings. The number of nitrogens with two attached hydrogens (primary N) is 1. The third-order valence-electron chi connectivity index (χ3n) is 4.06. The number of nitrogens with one attached hydrogen (secondary N) is 1. The molecule has 7 heteroatoms. The van der Waals surface area contributed by atoms with Gasteiger partial charge in [0.25, 0.3) is 5.91 Å². The summed E-state index contributed by atoms with van der Waals surface area (Å²) in [6.45, 7) is 6.16. The lowest BCUT2D eigenvalue weighted by atomic mass is 10.1. The SMILES string of the molecule is CCc1nn(-c2ccc([C@@H]3CNCCO3)nc2)c(C(N)=O)c1C. The highest BCUT2D eigenvalue weighted by atomic mass is 16.5. The van der Waals surface area contributed by atoms with E-state index in [4.69, 9.17) is 10.5 Å². The van der Waals surface area contributed by atoms with Crippen LogP contribution in [-0.4, -0.2) is 40.4 Å². The summed E-state index contributed by atoms with van der Waals surface area (Å²) in [5, 5.41) is 7.77. The van der Waals surface area contributed by atoms with Crippen LogP contribution in [0, 0.1) is 6.92 Å². The number of morpholine rings is 1. The summed E-state index contributed by atoms with van der Waals surface area (Å²) in [5.74, 6) is -0.487. The zero-order valence-corrected chi connectivity index (χ0v) is 13.4. The second-order valence-electron chi connectivity index (χ2n) is 5.55. The van der Waals surface area contributed by atoms with Crippen LogP contribution >= 0.6 is 0 Å². The van der Waals surface area contributed by atoms with E-state index in [-0.39, 0.29) is 6.10 Å². The minimum Gasteiger partial charge on any atom is -0.369 e. The van der Waals surface area contributed by atoms with E-state index in [0.717, 1.165) is 36.5 Å². The van der Waals surface area contributed by atoms with Crippen molar-refractivity contribution < 1.29 is 9.53 Å². The molecular weight excluding hydrogens is 294 g/mol. The Morgan fingerprint density at radius 3 is 2.91 bits per heavy atom. The number of carbonyl (C=O) groups excluding carboxylic acids is 1. The van der Waals surface area contributed by atoms with Crippen molar-refractivity contribution >= 4 is 5.91 Å². The van der Waals surface area contributed by atoms with Crippen molar-refractivity contribution in [1.29, 1.82) is 0 Å². The van der Waals surface area contributed by atoms with Crippen LogP contribution in [0.4, 0.5) is 0 Å². The molecule has 0 aromatic carbocycles. The van der Waals surface area contributed by atoms with Crippen LogP contribution in [0.5, 0.6) is 0 Å². The molecule has 3 N–H and O–H groups in total. The molecule has 2 aromatic heterocycles. The lowest BCUT2D eigenvalue weighted by Gasteiger charge is -2.23. The predicted octanol–water partition coefficient (Wildman–Crippen LogP) is 0.898. The molecule has 23 heavy (non-hydrogen) atoms. The van der Waals surface area contributed by atoms with Crippen molar-refractivity contribution in [3.63, 3.8) is 0 Å². The fourth-order valence-corrected chi connectivity index (χ4v) is 2.82. The Morgan fingerprint density at radius 1 is 1.52 bits per heavy atom. The zero-order valence-electron chi connectivity index (χ0n) is 13.4. The normalized spacial score (nSPS) is 18.1. The van der Waals surface area contributed by atoms with E-state index in [1.165, 1.54) is 0 Å². The molecule has 7 nitrogen and oxygen atoms in total. The number of hydrogen-bond donors (Lipinski definition) is 2. The molecule has 0 spiro atoms. The highest BCUT2D eigenvalue weighted by Crippen LogP contribution is 2.21. The van der Waals surface area contributed by atoms with Crippen LogP contribution in [0.2, 0.25) is 0 Å². The maximum atomic E-state index is 11.8. The van der Waals surface area contributed by atoms with Gasteiger partial charge in [-0.1, -0.05) is 6.92 Å². The molecule has 1 amide bonds. The quantitative estimate of drug-likeness (QED) is 0.874. The first-order valence-corrected chi connectivity index (χ1v) is 7.78. The lowest BCUT2D eigenvalue weighted by molar-refractivity contribution is 0.0250. The van der Waals surface area contributed by atoms with Gasteiger partial charge in [0.05, 0.1) is 29.9 Å². The highest BCUT2D eigenvalue weighted by Gasteiger charge is 2.20. The number of nitrogens with zero attached hydrogens (tertiary/aromatic N) is 3. The maximum absolute atomic E-state index is 11.8. The van der Waals surface area contributed by atoms with Crippen molar-refractivity contribution in [2.75, 3.05) is 19.7 Å². The third kappa shape index (κ3) is 2.97. The van der Waals surface area contributed by atoms with Crippen molar-refractivity contribution in [2.45, 2.75) is 26.4 Å². The number of aryl methyl sites for hydroxylation is 1. The van der Waals surface area contributed by atoms with E-state index < -0.39 is 5.91 Å². The van der Waals surface area contributed by atoms with Gasteiger partial charge in [0.15, 0.2) is 0 Å². The highest BCUT2D eigenvalue weighted by molar-refractivity contribution is 5.93. The number of aromatic nitrogens is 3. The molecule has 3 rings (SSSR count). The molecule has 2 aromatic rings. The lowest BCUT2D eigenvalue weighted by Crippen LogP contribution is -2.33. The minimum atomic E-state index is -0.487. The molecule has 0 radical (unpaired) electrons. The second kappa shape index (κ2) is 6.47. The van der Waals surface area contributed by atoms with Crippen LogP contribution in [-0.2, 0) is 11.2 Å². The van der Waals surface area contributed by atoms with Gasteiger partial charge in [-0.2, -0.15) is 5.10 Å². The summed E-state index contributed by atoms with van der Waals surface area (Å²) in [4.78, 5) is 16.2. The van der Waals surface area contributed by atoms with Gasteiger partial charge in [-0.15, -0.1) is 0 Å². The largest absolute Gasteiger partial charge is 0.369 e. The summed E-state index contributed by atoms with van der Waals surface area (Å²) < 4.78 is 7.27. The van der Waals surface area contributed by atoms with Gasteiger partial charge in [0.1, 0.15) is 11.8 Å². The van der Waals surface area contributed by atoms with Gasteiger partial charge in [-0.25, -0.2) is 4.68 Å². The standard InChI is InChI=1S/C16H21N5O2/c1-3-12-10(2)15(16(17)22)21(20-12)11-4-5-13(19-8-11)14-9-18-6-7-23-14/h4-5,8,14,18H,3,6-7,9H2,1-2H3,(H2,17,22)/t14-/m0/s1. The van der Waals surface area contributed by atoms with E-state index in [0.29, 0.717) is 18.0 Å². The first-order chi connectivity index (χ1) is 11.1. The summed E-state index contributed by atoms with van der Waals surface area (Å²) in [5.41, 5.74) is 9.19.